The van der Waals surface area contributed by atoms with E-state index in [1.807, 2.05) is 17.9 Å². The number of urea groups is 1. The molecule has 2 amide bonds. The van der Waals surface area contributed by atoms with Gasteiger partial charge in [-0.25, -0.2) is 14.2 Å². The maximum atomic E-state index is 14.5. The molecule has 10 heteroatoms. The smallest absolute Gasteiger partial charge is 0.416 e. The molecule has 1 fully saturated rings. The number of oxazole rings is 1. The van der Waals surface area contributed by atoms with Crippen molar-refractivity contribution < 1.29 is 26.8 Å². The minimum absolute atomic E-state index is 0.0231. The van der Waals surface area contributed by atoms with E-state index in [2.05, 4.69) is 4.98 Å². The Morgan fingerprint density at radius 1 is 1.06 bits per heavy atom. The Balaban J connectivity index is 1.39. The van der Waals surface area contributed by atoms with Gasteiger partial charge in [0.05, 0.1) is 24.3 Å². The monoisotopic (exact) mass is 502 g/mol. The lowest BCUT2D eigenvalue weighted by Gasteiger charge is -2.43. The van der Waals surface area contributed by atoms with E-state index in [1.54, 1.807) is 17.9 Å². The van der Waals surface area contributed by atoms with Gasteiger partial charge >= 0.3 is 12.2 Å². The first-order valence-electron chi connectivity index (χ1n) is 11.8. The zero-order valence-electron chi connectivity index (χ0n) is 20.0. The first-order valence-corrected chi connectivity index (χ1v) is 11.8. The van der Waals surface area contributed by atoms with E-state index >= 15 is 0 Å². The van der Waals surface area contributed by atoms with Crippen LogP contribution in [0.3, 0.4) is 0 Å². The second kappa shape index (κ2) is 9.15. The molecule has 36 heavy (non-hydrogen) atoms. The number of aromatic nitrogens is 1. The molecule has 1 saturated heterocycles. The first kappa shape index (κ1) is 24.1. The Bertz CT molecular complexity index is 1260. The van der Waals surface area contributed by atoms with Gasteiger partial charge in [0.25, 0.3) is 0 Å². The van der Waals surface area contributed by atoms with Crippen molar-refractivity contribution in [3.05, 3.63) is 76.6 Å². The summed E-state index contributed by atoms with van der Waals surface area (Å²) in [5, 5.41) is 0. The van der Waals surface area contributed by atoms with E-state index in [0.29, 0.717) is 43.2 Å². The number of rotatable bonds is 4. The fourth-order valence-electron chi connectivity index (χ4n) is 5.20. The van der Waals surface area contributed by atoms with E-state index < -0.39 is 17.8 Å². The van der Waals surface area contributed by atoms with Gasteiger partial charge in [-0.2, -0.15) is 13.2 Å². The minimum Gasteiger partial charge on any atom is -0.425 e. The fraction of sp³-hybridized carbons (Fsp3) is 0.385. The summed E-state index contributed by atoms with van der Waals surface area (Å²) in [5.74, 6) is 0.249. The van der Waals surface area contributed by atoms with Gasteiger partial charge in [-0.15, -0.1) is 0 Å². The van der Waals surface area contributed by atoms with Crippen LogP contribution in [-0.4, -0.2) is 35.0 Å². The third-order valence-corrected chi connectivity index (χ3v) is 6.89. The first-order chi connectivity index (χ1) is 17.1. The molecule has 1 aromatic heterocycles. The molecular weight excluding hydrogens is 476 g/mol. The Kier molecular flexibility index (Phi) is 6.13. The van der Waals surface area contributed by atoms with Crippen LogP contribution < -0.4 is 9.80 Å². The summed E-state index contributed by atoms with van der Waals surface area (Å²) in [7, 11) is 0. The summed E-state index contributed by atoms with van der Waals surface area (Å²) in [5.41, 5.74) is 1.12. The lowest BCUT2D eigenvalue weighted by molar-refractivity contribution is -0.138. The Morgan fingerprint density at radius 3 is 2.47 bits per heavy atom. The van der Waals surface area contributed by atoms with Crippen molar-refractivity contribution in [2.75, 3.05) is 22.9 Å². The molecule has 6 nitrogen and oxygen atoms in total. The molecule has 190 valence electrons. The Labute approximate surface area is 206 Å². The van der Waals surface area contributed by atoms with Gasteiger partial charge in [-0.1, -0.05) is 30.3 Å². The van der Waals surface area contributed by atoms with E-state index in [0.717, 1.165) is 11.6 Å². The van der Waals surface area contributed by atoms with Crippen molar-refractivity contribution in [3.8, 4) is 0 Å². The van der Waals surface area contributed by atoms with Crippen LogP contribution >= 0.6 is 0 Å². The summed E-state index contributed by atoms with van der Waals surface area (Å²) in [6, 6.07) is 9.62. The highest BCUT2D eigenvalue weighted by Gasteiger charge is 2.41. The number of hydrogen-bond acceptors (Lipinski definition) is 4. The molecule has 0 unspecified atom stereocenters. The van der Waals surface area contributed by atoms with Crippen molar-refractivity contribution in [3.63, 3.8) is 0 Å². The Hall–Kier alpha value is -3.56. The van der Waals surface area contributed by atoms with Crippen LogP contribution in [0.2, 0.25) is 0 Å². The summed E-state index contributed by atoms with van der Waals surface area (Å²) in [6.45, 7) is 4.54. The molecular formula is C26H26F4N4O2. The maximum Gasteiger partial charge on any atom is 0.416 e. The molecule has 0 bridgehead atoms. The predicted octanol–water partition coefficient (Wildman–Crippen LogP) is 6.06. The summed E-state index contributed by atoms with van der Waals surface area (Å²) >= 11 is 0. The number of alkyl halides is 3. The number of hydrogen-bond donors (Lipinski definition) is 0. The zero-order valence-corrected chi connectivity index (χ0v) is 20.0. The molecule has 2 aromatic carbocycles. The standard InChI is InChI=1S/C26H26F4N4O2/c1-16-6-5-9-21(27)23(16)32-12-10-19(11-13-32)33-15-22-24(36-17(2)31-22)34(25(33)35)14-18-7-3-4-8-20(18)26(28,29)30/h3-9,19H,10-15H2,1-2H3. The number of carbonyl (C=O) groups excluding carboxylic acids is 1. The van der Waals surface area contributed by atoms with E-state index in [4.69, 9.17) is 4.42 Å². The summed E-state index contributed by atoms with van der Waals surface area (Å²) < 4.78 is 61.0. The molecule has 2 aliphatic heterocycles. The number of amides is 2. The van der Waals surface area contributed by atoms with Gasteiger partial charge in [0, 0.05) is 26.1 Å². The molecule has 3 aromatic rings. The second-order valence-corrected chi connectivity index (χ2v) is 9.26. The van der Waals surface area contributed by atoms with Crippen LogP contribution in [0, 0.1) is 19.7 Å². The van der Waals surface area contributed by atoms with Crippen molar-refractivity contribution in [1.82, 2.24) is 9.88 Å². The van der Waals surface area contributed by atoms with Crippen LogP contribution in [0.5, 0.6) is 0 Å². The molecule has 3 heterocycles. The number of anilines is 2. The number of benzene rings is 2. The third-order valence-electron chi connectivity index (χ3n) is 6.89. The van der Waals surface area contributed by atoms with Crippen LogP contribution in [-0.2, 0) is 19.3 Å². The average Bonchev–Trinajstić information content (AvgIpc) is 3.21. The number of piperidine rings is 1. The maximum absolute atomic E-state index is 14.5. The van der Waals surface area contributed by atoms with E-state index in [1.165, 1.54) is 29.2 Å². The van der Waals surface area contributed by atoms with Gasteiger partial charge in [0.1, 0.15) is 11.5 Å². The largest absolute Gasteiger partial charge is 0.425 e. The molecule has 0 saturated carbocycles. The normalized spacial score (nSPS) is 17.1. The van der Waals surface area contributed by atoms with Crippen LogP contribution in [0.15, 0.2) is 46.9 Å². The summed E-state index contributed by atoms with van der Waals surface area (Å²) in [6.07, 6.45) is -3.36. The molecule has 0 radical (unpaired) electrons. The van der Waals surface area contributed by atoms with Gasteiger partial charge < -0.3 is 14.2 Å². The second-order valence-electron chi connectivity index (χ2n) is 9.26. The molecule has 0 aliphatic carbocycles. The van der Waals surface area contributed by atoms with Crippen LogP contribution in [0.4, 0.5) is 33.9 Å². The number of carbonyl (C=O) groups is 1. The molecule has 0 spiro atoms. The third kappa shape index (κ3) is 4.40. The molecule has 0 N–H and O–H groups in total. The van der Waals surface area contributed by atoms with E-state index in [-0.39, 0.29) is 36.4 Å². The highest BCUT2D eigenvalue weighted by Crippen LogP contribution is 2.37. The number of fused-ring (bicyclic) bond motifs is 1. The van der Waals surface area contributed by atoms with Gasteiger partial charge in [0.2, 0.25) is 5.88 Å². The van der Waals surface area contributed by atoms with Crippen molar-refractivity contribution in [2.45, 2.75) is 52.0 Å². The Morgan fingerprint density at radius 2 is 1.78 bits per heavy atom. The van der Waals surface area contributed by atoms with Gasteiger partial charge in [0.15, 0.2) is 5.89 Å². The highest BCUT2D eigenvalue weighted by atomic mass is 19.4. The van der Waals surface area contributed by atoms with Crippen molar-refractivity contribution in [2.24, 2.45) is 0 Å². The molecule has 0 atom stereocenters. The number of halogens is 4. The van der Waals surface area contributed by atoms with Gasteiger partial charge in [-0.05, 0) is 43.0 Å². The van der Waals surface area contributed by atoms with Crippen LogP contribution in [0.25, 0.3) is 0 Å². The zero-order chi connectivity index (χ0) is 25.6. The molecule has 5 rings (SSSR count). The lowest BCUT2D eigenvalue weighted by atomic mass is 10.0. The topological polar surface area (TPSA) is 52.8 Å². The number of nitrogens with zero attached hydrogens (tertiary/aromatic N) is 4. The molecule has 2 aliphatic rings. The van der Waals surface area contributed by atoms with Crippen molar-refractivity contribution in [1.29, 1.82) is 0 Å². The minimum atomic E-state index is -4.55. The quantitative estimate of drug-likeness (QED) is 0.407. The highest BCUT2D eigenvalue weighted by molar-refractivity contribution is 5.93. The van der Waals surface area contributed by atoms with Crippen LogP contribution in [0.1, 0.15) is 41.1 Å². The SMILES string of the molecule is Cc1nc2c(o1)N(Cc1ccccc1C(F)(F)F)C(=O)N(C1CCN(c3c(C)cccc3F)CC1)C2. The summed E-state index contributed by atoms with van der Waals surface area (Å²) in [4.78, 5) is 22.9. The van der Waals surface area contributed by atoms with Gasteiger partial charge in [-0.3, -0.25) is 4.90 Å². The lowest BCUT2D eigenvalue weighted by Crippen LogP contribution is -2.54. The predicted molar refractivity (Wildman–Crippen MR) is 126 cm³/mol. The number of aryl methyl sites for hydroxylation is 2. The average molecular weight is 503 g/mol. The van der Waals surface area contributed by atoms with Crippen molar-refractivity contribution >= 4 is 17.6 Å². The fourth-order valence-corrected chi connectivity index (χ4v) is 5.20. The van der Waals surface area contributed by atoms with E-state index in [9.17, 15) is 22.4 Å². The number of para-hydroxylation sites is 1.